The fraction of sp³-hybridized carbons (Fsp3) is 0.368. The molecular weight excluding hydrogens is 376 g/mol. The average Bonchev–Trinajstić information content (AvgIpc) is 3.26. The first-order chi connectivity index (χ1) is 14.2. The summed E-state index contributed by atoms with van der Waals surface area (Å²) in [6, 6.07) is 4.95. The van der Waals surface area contributed by atoms with Gasteiger partial charge in [-0.25, -0.2) is 14.8 Å². The van der Waals surface area contributed by atoms with E-state index in [-0.39, 0.29) is 29.2 Å². The molecule has 148 valence electrons. The van der Waals surface area contributed by atoms with Crippen LogP contribution in [0.5, 0.6) is 5.88 Å². The monoisotopic (exact) mass is 394 g/mol. The van der Waals surface area contributed by atoms with Crippen molar-refractivity contribution in [1.82, 2.24) is 15.0 Å². The Bertz CT molecular complexity index is 983. The second kappa shape index (κ2) is 8.20. The van der Waals surface area contributed by atoms with E-state index in [2.05, 4.69) is 20.3 Å². The van der Waals surface area contributed by atoms with Crippen molar-refractivity contribution in [2.75, 3.05) is 30.0 Å². The quantitative estimate of drug-likeness (QED) is 0.776. The summed E-state index contributed by atoms with van der Waals surface area (Å²) in [5.74, 6) is 0.571. The third kappa shape index (κ3) is 4.00. The summed E-state index contributed by atoms with van der Waals surface area (Å²) < 4.78 is 11.0. The molecule has 2 amide bonds. The Morgan fingerprint density at radius 3 is 3.07 bits per heavy atom. The highest BCUT2D eigenvalue weighted by molar-refractivity contribution is 6.01. The smallest absolute Gasteiger partial charge is 0.329 e. The van der Waals surface area contributed by atoms with Gasteiger partial charge in [-0.3, -0.25) is 15.0 Å². The standard InChI is InChI=1S/C19H18N6O4/c20-8-13-9-21-18(23-17(13)29-15-5-7-28-11-15)24-19(27)25-6-1-2-12-3-4-14(10-26)22-16(12)25/h3-4,9-10,15H,1-2,5-7,11H2,(H,21,23,24,27). The molecule has 2 aliphatic rings. The number of pyridine rings is 1. The molecule has 0 spiro atoms. The van der Waals surface area contributed by atoms with E-state index in [1.165, 1.54) is 11.1 Å². The van der Waals surface area contributed by atoms with Crippen LogP contribution in [0.15, 0.2) is 18.3 Å². The van der Waals surface area contributed by atoms with Crippen LogP contribution in [-0.2, 0) is 11.2 Å². The second-order valence-electron chi connectivity index (χ2n) is 6.65. The number of fused-ring (bicyclic) bond motifs is 1. The lowest BCUT2D eigenvalue weighted by Crippen LogP contribution is -2.40. The van der Waals surface area contributed by atoms with E-state index in [1.54, 1.807) is 12.1 Å². The third-order valence-corrected chi connectivity index (χ3v) is 4.69. The molecule has 1 fully saturated rings. The SMILES string of the molecule is N#Cc1cnc(NC(=O)N2CCCc3ccc(C=O)nc32)nc1OC1CCOC1. The van der Waals surface area contributed by atoms with E-state index in [4.69, 9.17) is 9.47 Å². The van der Waals surface area contributed by atoms with Crippen molar-refractivity contribution in [2.45, 2.75) is 25.4 Å². The number of nitrogens with zero attached hydrogens (tertiary/aromatic N) is 5. The van der Waals surface area contributed by atoms with Crippen LogP contribution in [0.25, 0.3) is 0 Å². The van der Waals surface area contributed by atoms with Crippen molar-refractivity contribution in [2.24, 2.45) is 0 Å². The van der Waals surface area contributed by atoms with Gasteiger partial charge >= 0.3 is 6.03 Å². The maximum atomic E-state index is 12.8. The topological polar surface area (TPSA) is 130 Å². The van der Waals surface area contributed by atoms with E-state index in [0.717, 1.165) is 18.4 Å². The lowest BCUT2D eigenvalue weighted by Gasteiger charge is -2.28. The van der Waals surface area contributed by atoms with Crippen LogP contribution in [0.1, 0.15) is 34.5 Å². The Morgan fingerprint density at radius 2 is 2.31 bits per heavy atom. The lowest BCUT2D eigenvalue weighted by molar-refractivity contribution is 0.111. The number of amides is 2. The Labute approximate surface area is 166 Å². The molecule has 0 bridgehead atoms. The van der Waals surface area contributed by atoms with Gasteiger partial charge in [-0.2, -0.15) is 10.2 Å². The number of aryl methyl sites for hydroxylation is 1. The molecule has 1 atom stereocenters. The van der Waals surface area contributed by atoms with E-state index >= 15 is 0 Å². The molecule has 1 unspecified atom stereocenters. The van der Waals surface area contributed by atoms with Gasteiger partial charge in [0.15, 0.2) is 6.29 Å². The maximum Gasteiger partial charge on any atom is 0.329 e. The molecule has 0 aliphatic carbocycles. The van der Waals surface area contributed by atoms with Crippen LogP contribution in [0.4, 0.5) is 16.6 Å². The minimum atomic E-state index is -0.471. The van der Waals surface area contributed by atoms with Crippen molar-refractivity contribution in [1.29, 1.82) is 5.26 Å². The van der Waals surface area contributed by atoms with Gasteiger partial charge in [-0.1, -0.05) is 6.07 Å². The first-order valence-corrected chi connectivity index (χ1v) is 9.23. The van der Waals surface area contributed by atoms with Gasteiger partial charge in [0.25, 0.3) is 0 Å². The normalized spacial score (nSPS) is 17.9. The predicted molar refractivity (Wildman–Crippen MR) is 101 cm³/mol. The number of aromatic nitrogens is 3. The summed E-state index contributed by atoms with van der Waals surface area (Å²) in [7, 11) is 0. The van der Waals surface area contributed by atoms with Gasteiger partial charge in [0.05, 0.1) is 19.4 Å². The Kier molecular flexibility index (Phi) is 5.31. The summed E-state index contributed by atoms with van der Waals surface area (Å²) >= 11 is 0. The zero-order chi connectivity index (χ0) is 20.2. The number of anilines is 2. The van der Waals surface area contributed by atoms with Crippen LogP contribution in [0.2, 0.25) is 0 Å². The maximum absolute atomic E-state index is 12.8. The molecule has 10 heteroatoms. The molecule has 2 aromatic rings. The van der Waals surface area contributed by atoms with Crippen molar-refractivity contribution >= 4 is 24.1 Å². The number of urea groups is 1. The molecule has 0 saturated carbocycles. The van der Waals surface area contributed by atoms with E-state index < -0.39 is 6.03 Å². The lowest BCUT2D eigenvalue weighted by atomic mass is 10.1. The van der Waals surface area contributed by atoms with E-state index in [1.807, 2.05) is 6.07 Å². The number of carbonyl (C=O) groups is 2. The molecule has 0 aromatic carbocycles. The molecule has 1 saturated heterocycles. The summed E-state index contributed by atoms with van der Waals surface area (Å²) in [4.78, 5) is 37.8. The van der Waals surface area contributed by atoms with E-state index in [9.17, 15) is 14.9 Å². The molecule has 2 aromatic heterocycles. The summed E-state index contributed by atoms with van der Waals surface area (Å²) in [6.07, 6.45) is 4.00. The number of rotatable bonds is 4. The molecule has 1 N–H and O–H groups in total. The second-order valence-corrected chi connectivity index (χ2v) is 6.65. The Hall–Kier alpha value is -3.58. The number of hydrogen-bond acceptors (Lipinski definition) is 8. The zero-order valence-corrected chi connectivity index (χ0v) is 15.5. The van der Waals surface area contributed by atoms with Gasteiger partial charge in [-0.05, 0) is 24.5 Å². The van der Waals surface area contributed by atoms with Crippen molar-refractivity contribution in [3.8, 4) is 11.9 Å². The number of nitrogens with one attached hydrogen (secondary N) is 1. The number of carbonyl (C=O) groups excluding carboxylic acids is 2. The summed E-state index contributed by atoms with van der Waals surface area (Å²) in [5.41, 5.74) is 1.33. The molecule has 4 rings (SSSR count). The van der Waals surface area contributed by atoms with Crippen molar-refractivity contribution in [3.63, 3.8) is 0 Å². The van der Waals surface area contributed by atoms with Crippen LogP contribution < -0.4 is 15.0 Å². The molecule has 4 heterocycles. The highest BCUT2D eigenvalue weighted by Crippen LogP contribution is 2.26. The third-order valence-electron chi connectivity index (χ3n) is 4.69. The van der Waals surface area contributed by atoms with Crippen molar-refractivity contribution in [3.05, 3.63) is 35.2 Å². The van der Waals surface area contributed by atoms with Crippen LogP contribution in [-0.4, -0.2) is 53.1 Å². The molecular formula is C19H18N6O4. The molecule has 29 heavy (non-hydrogen) atoms. The summed E-state index contributed by atoms with van der Waals surface area (Å²) in [6.45, 7) is 1.46. The van der Waals surface area contributed by atoms with Crippen LogP contribution in [0, 0.1) is 11.3 Å². The molecule has 2 aliphatic heterocycles. The van der Waals surface area contributed by atoms with Crippen LogP contribution in [0.3, 0.4) is 0 Å². The van der Waals surface area contributed by atoms with Gasteiger partial charge in [0.1, 0.15) is 29.2 Å². The first-order valence-electron chi connectivity index (χ1n) is 9.23. The summed E-state index contributed by atoms with van der Waals surface area (Å²) in [5, 5.41) is 11.9. The Balaban J connectivity index is 1.54. The predicted octanol–water partition coefficient (Wildman–Crippen LogP) is 1.71. The van der Waals surface area contributed by atoms with Gasteiger partial charge < -0.3 is 9.47 Å². The first kappa shape index (κ1) is 18.8. The number of hydrogen-bond donors (Lipinski definition) is 1. The van der Waals surface area contributed by atoms with Gasteiger partial charge in [0, 0.05) is 13.0 Å². The van der Waals surface area contributed by atoms with Gasteiger partial charge in [0.2, 0.25) is 11.8 Å². The fourth-order valence-corrected chi connectivity index (χ4v) is 3.24. The minimum absolute atomic E-state index is 0.0154. The molecule has 0 radical (unpaired) electrons. The van der Waals surface area contributed by atoms with E-state index in [0.29, 0.717) is 38.3 Å². The number of aldehydes is 1. The minimum Gasteiger partial charge on any atom is -0.471 e. The van der Waals surface area contributed by atoms with Crippen molar-refractivity contribution < 1.29 is 19.1 Å². The highest BCUT2D eigenvalue weighted by atomic mass is 16.5. The number of nitriles is 1. The highest BCUT2D eigenvalue weighted by Gasteiger charge is 2.26. The fourth-order valence-electron chi connectivity index (χ4n) is 3.24. The Morgan fingerprint density at radius 1 is 1.41 bits per heavy atom. The molecule has 10 nitrogen and oxygen atoms in total. The zero-order valence-electron chi connectivity index (χ0n) is 15.5. The van der Waals surface area contributed by atoms with Gasteiger partial charge in [-0.15, -0.1) is 0 Å². The average molecular weight is 394 g/mol. The number of ether oxygens (including phenoxy) is 2. The largest absolute Gasteiger partial charge is 0.471 e. The van der Waals surface area contributed by atoms with Crippen LogP contribution >= 0.6 is 0 Å².